The molecular weight excluding hydrogens is 126 g/mol. The van der Waals surface area contributed by atoms with Gasteiger partial charge in [-0.15, -0.1) is 0 Å². The van der Waals surface area contributed by atoms with Gasteiger partial charge in [0.2, 0.25) is 0 Å². The van der Waals surface area contributed by atoms with E-state index in [0.717, 1.165) is 0 Å². The summed E-state index contributed by atoms with van der Waals surface area (Å²) in [7, 11) is 0. The second kappa shape index (κ2) is 10.3. The first kappa shape index (κ1) is 11.1. The average Bonchev–Trinajstić information content (AvgIpc) is 1.65. The van der Waals surface area contributed by atoms with Crippen molar-refractivity contribution in [1.29, 1.82) is 0 Å². The molecular formula is C4H13NO2S. The minimum atomic E-state index is -0.611. The highest BCUT2D eigenvalue weighted by atomic mass is 32.2. The minimum absolute atomic E-state index is 0.597. The molecule has 0 unspecified atom stereocenters. The lowest BCUT2D eigenvalue weighted by molar-refractivity contribution is 0.152. The number of hydrogen-bond acceptors (Lipinski definition) is 3. The van der Waals surface area contributed by atoms with E-state index in [1.165, 1.54) is 0 Å². The Balaban J connectivity index is 0. The van der Waals surface area contributed by atoms with Gasteiger partial charge in [-0.3, -0.25) is 0 Å². The maximum absolute atomic E-state index is 9.56. The van der Waals surface area contributed by atoms with Gasteiger partial charge in [0.15, 0.2) is 0 Å². The van der Waals surface area contributed by atoms with Crippen molar-refractivity contribution in [3.63, 3.8) is 0 Å². The molecule has 0 aliphatic rings. The van der Waals surface area contributed by atoms with Crippen molar-refractivity contribution < 1.29 is 9.39 Å². The van der Waals surface area contributed by atoms with Crippen LogP contribution in [0.1, 0.15) is 6.92 Å². The molecule has 0 heterocycles. The Hall–Kier alpha value is 0.230. The lowest BCUT2D eigenvalue weighted by Crippen LogP contribution is -1.94. The van der Waals surface area contributed by atoms with Crippen LogP contribution in [0.4, 0.5) is 0 Å². The summed E-state index contributed by atoms with van der Waals surface area (Å²) in [6.45, 7) is 2.43. The van der Waals surface area contributed by atoms with E-state index in [2.05, 4.69) is 10.7 Å². The summed E-state index contributed by atoms with van der Waals surface area (Å²) in [6, 6.07) is 0. The van der Waals surface area contributed by atoms with Gasteiger partial charge in [-0.05, 0) is 6.92 Å². The lowest BCUT2D eigenvalue weighted by Gasteiger charge is -1.87. The molecule has 0 fully saturated rings. The highest BCUT2D eigenvalue weighted by molar-refractivity contribution is 7.89. The van der Waals surface area contributed by atoms with Crippen LogP contribution in [0.3, 0.4) is 0 Å². The largest absolute Gasteiger partial charge is 0.617 e. The fourth-order valence-electron chi connectivity index (χ4n) is 0. The maximum Gasteiger partial charge on any atom is 0.0946 e. The summed E-state index contributed by atoms with van der Waals surface area (Å²) < 4.78 is 9.56. The van der Waals surface area contributed by atoms with Crippen molar-refractivity contribution in [2.45, 2.75) is 6.92 Å². The van der Waals surface area contributed by atoms with Gasteiger partial charge < -0.3 is 9.39 Å². The van der Waals surface area contributed by atoms with Crippen LogP contribution in [0.25, 0.3) is 0 Å². The van der Waals surface area contributed by atoms with E-state index in [4.69, 9.17) is 0 Å². The lowest BCUT2D eigenvalue weighted by atomic mass is 10.9. The maximum atomic E-state index is 9.56. The predicted octanol–water partition coefficient (Wildman–Crippen LogP) is -0.109. The second-order valence-corrected chi connectivity index (χ2v) is 2.68. The van der Waals surface area contributed by atoms with Crippen LogP contribution in [0, 0.1) is 0 Å². The summed E-state index contributed by atoms with van der Waals surface area (Å²) in [5, 5.41) is 0. The Morgan fingerprint density at radius 1 is 1.62 bits per heavy atom. The monoisotopic (exact) mass is 139 g/mol. The molecule has 0 atom stereocenters. The average molecular weight is 139 g/mol. The minimum Gasteiger partial charge on any atom is -0.617 e. The number of nitrogens with two attached hydrogens (primary N) is 1. The molecule has 0 rings (SSSR count). The third kappa shape index (κ3) is 113. The summed E-state index contributed by atoms with van der Waals surface area (Å²) in [5.74, 6) is 4.53. The highest BCUT2D eigenvalue weighted by Gasteiger charge is 1.66. The van der Waals surface area contributed by atoms with E-state index >= 15 is 0 Å². The molecule has 2 N–H and O–H groups in total. The van der Waals surface area contributed by atoms with Gasteiger partial charge in [0, 0.05) is 0 Å². The number of hydrogen-bond donors (Lipinski definition) is 1. The first-order chi connectivity index (χ1) is 3.65. The second-order valence-electron chi connectivity index (χ2n) is 1.20. The van der Waals surface area contributed by atoms with Crippen molar-refractivity contribution in [3.05, 3.63) is 0 Å². The molecule has 0 aromatic heterocycles. The van der Waals surface area contributed by atoms with Crippen LogP contribution in [-0.2, 0) is 16.0 Å². The van der Waals surface area contributed by atoms with Gasteiger partial charge in [-0.2, -0.15) is 0 Å². The molecule has 3 nitrogen and oxygen atoms in total. The molecule has 0 aromatic rings. The third-order valence-corrected chi connectivity index (χ3v) is 0.167. The normalized spacial score (nSPS) is 8.25. The molecule has 0 spiro atoms. The van der Waals surface area contributed by atoms with Crippen LogP contribution in [0.2, 0.25) is 0 Å². The molecule has 8 heavy (non-hydrogen) atoms. The fraction of sp³-hybridized carbons (Fsp3) is 1.00. The zero-order valence-corrected chi connectivity index (χ0v) is 6.33. The van der Waals surface area contributed by atoms with E-state index in [1.807, 2.05) is 6.92 Å². The molecule has 52 valence electrons. The first-order valence-electron chi connectivity index (χ1n) is 2.21. The molecule has 0 aromatic carbocycles. The smallest absolute Gasteiger partial charge is 0.0946 e. The molecule has 0 aliphatic heterocycles. The zero-order chi connectivity index (χ0) is 6.99. The molecule has 0 radical (unpaired) electrons. The summed E-state index contributed by atoms with van der Waals surface area (Å²) in [4.78, 5) is 4.04. The quantitative estimate of drug-likeness (QED) is 0.407. The SMILES string of the molecule is CCON.C[S+](C)[O-]. The molecule has 0 saturated heterocycles. The first-order valence-corrected chi connectivity index (χ1v) is 4.18. The molecule has 4 heteroatoms. The Kier molecular flexibility index (Phi) is 14.2. The van der Waals surface area contributed by atoms with E-state index in [0.29, 0.717) is 6.61 Å². The van der Waals surface area contributed by atoms with Crippen molar-refractivity contribution in [1.82, 2.24) is 0 Å². The van der Waals surface area contributed by atoms with E-state index in [1.54, 1.807) is 12.5 Å². The van der Waals surface area contributed by atoms with Crippen LogP contribution in [-0.4, -0.2) is 23.7 Å². The summed E-state index contributed by atoms with van der Waals surface area (Å²) in [5.41, 5.74) is 0. The van der Waals surface area contributed by atoms with Gasteiger partial charge >= 0.3 is 0 Å². The van der Waals surface area contributed by atoms with Crippen molar-refractivity contribution in [3.8, 4) is 0 Å². The molecule has 0 amide bonds. The Labute approximate surface area is 53.3 Å². The van der Waals surface area contributed by atoms with Crippen molar-refractivity contribution in [2.24, 2.45) is 5.90 Å². The van der Waals surface area contributed by atoms with Crippen LogP contribution in [0.5, 0.6) is 0 Å². The standard InChI is InChI=1S/C2H7NO.C2H6OS/c1-2-4-3;1-4(2)3/h2-3H2,1H3;1-2H3. The topological polar surface area (TPSA) is 58.3 Å². The van der Waals surface area contributed by atoms with Crippen molar-refractivity contribution in [2.75, 3.05) is 19.1 Å². The van der Waals surface area contributed by atoms with Crippen LogP contribution in [0.15, 0.2) is 0 Å². The molecule has 0 saturated carbocycles. The van der Waals surface area contributed by atoms with Gasteiger partial charge in [0.1, 0.15) is 0 Å². The van der Waals surface area contributed by atoms with E-state index in [9.17, 15) is 4.55 Å². The van der Waals surface area contributed by atoms with Gasteiger partial charge in [0.25, 0.3) is 0 Å². The third-order valence-electron chi connectivity index (χ3n) is 0.167. The molecule has 0 aliphatic carbocycles. The van der Waals surface area contributed by atoms with Crippen molar-refractivity contribution >= 4 is 11.2 Å². The highest BCUT2D eigenvalue weighted by Crippen LogP contribution is 1.61. The Morgan fingerprint density at radius 2 is 1.75 bits per heavy atom. The van der Waals surface area contributed by atoms with Gasteiger partial charge in [-0.1, -0.05) is 11.2 Å². The Morgan fingerprint density at radius 3 is 1.75 bits per heavy atom. The molecule has 0 bridgehead atoms. The summed E-state index contributed by atoms with van der Waals surface area (Å²) >= 11 is -0.611. The van der Waals surface area contributed by atoms with E-state index < -0.39 is 11.2 Å². The number of rotatable bonds is 1. The predicted molar refractivity (Wildman–Crippen MR) is 35.8 cm³/mol. The Bertz CT molecular complexity index is 30.5. The zero-order valence-electron chi connectivity index (χ0n) is 5.51. The van der Waals surface area contributed by atoms with Gasteiger partial charge in [0.05, 0.1) is 19.1 Å². The fourth-order valence-corrected chi connectivity index (χ4v) is 0. The van der Waals surface area contributed by atoms with E-state index in [-0.39, 0.29) is 0 Å². The van der Waals surface area contributed by atoms with Gasteiger partial charge in [-0.25, -0.2) is 5.90 Å². The van der Waals surface area contributed by atoms with Crippen LogP contribution < -0.4 is 5.90 Å². The van der Waals surface area contributed by atoms with Crippen LogP contribution >= 0.6 is 0 Å². The summed E-state index contributed by atoms with van der Waals surface area (Å²) in [6.07, 6.45) is 3.28.